The van der Waals surface area contributed by atoms with E-state index >= 15 is 0 Å². The van der Waals surface area contributed by atoms with Gasteiger partial charge >= 0.3 is 5.97 Å². The topological polar surface area (TPSA) is 66.8 Å². The summed E-state index contributed by atoms with van der Waals surface area (Å²) in [6.45, 7) is 1.55. The quantitative estimate of drug-likeness (QED) is 0.874. The van der Waals surface area contributed by atoms with Gasteiger partial charge in [-0.3, -0.25) is 9.59 Å². The number of ether oxygens (including phenoxy) is 1. The van der Waals surface area contributed by atoms with Crippen LogP contribution in [-0.4, -0.2) is 47.7 Å². The zero-order valence-electron chi connectivity index (χ0n) is 14.9. The number of nitrogens with zero attached hydrogens (tertiary/aromatic N) is 1. The molecule has 1 amide bonds. The minimum atomic E-state index is -0.816. The highest BCUT2D eigenvalue weighted by molar-refractivity contribution is 5.83. The van der Waals surface area contributed by atoms with Gasteiger partial charge in [-0.25, -0.2) is 8.78 Å². The summed E-state index contributed by atoms with van der Waals surface area (Å²) in [5.74, 6) is -3.12. The summed E-state index contributed by atoms with van der Waals surface area (Å²) in [5, 5.41) is 9.31. The van der Waals surface area contributed by atoms with Crippen molar-refractivity contribution >= 4 is 11.9 Å². The third-order valence-electron chi connectivity index (χ3n) is 6.25. The molecule has 4 atom stereocenters. The Kier molecular flexibility index (Phi) is 4.88. The fourth-order valence-electron chi connectivity index (χ4n) is 4.67. The molecule has 5 nitrogen and oxygen atoms in total. The van der Waals surface area contributed by atoms with E-state index in [1.807, 2.05) is 0 Å². The van der Waals surface area contributed by atoms with Crippen LogP contribution in [-0.2, 0) is 14.3 Å². The van der Waals surface area contributed by atoms with Crippen LogP contribution < -0.4 is 0 Å². The highest BCUT2D eigenvalue weighted by Crippen LogP contribution is 2.50. The molecule has 0 aromatic heterocycles. The molecule has 0 bridgehead atoms. The Morgan fingerprint density at radius 3 is 2.37 bits per heavy atom. The fourth-order valence-corrected chi connectivity index (χ4v) is 4.67. The predicted molar refractivity (Wildman–Crippen MR) is 92.0 cm³/mol. The van der Waals surface area contributed by atoms with Gasteiger partial charge in [-0.2, -0.15) is 0 Å². The van der Waals surface area contributed by atoms with E-state index in [2.05, 4.69) is 0 Å². The van der Waals surface area contributed by atoms with Crippen LogP contribution in [0.1, 0.15) is 37.2 Å². The molecule has 2 heterocycles. The molecule has 1 saturated carbocycles. The monoisotopic (exact) mass is 379 g/mol. The Morgan fingerprint density at radius 2 is 1.74 bits per heavy atom. The van der Waals surface area contributed by atoms with Crippen molar-refractivity contribution in [3.05, 3.63) is 35.4 Å². The number of amides is 1. The number of piperidine rings is 1. The molecule has 1 N–H and O–H groups in total. The average Bonchev–Trinajstić information content (AvgIpc) is 3.26. The Bertz CT molecular complexity index is 727. The van der Waals surface area contributed by atoms with E-state index in [0.29, 0.717) is 45.4 Å². The second-order valence-electron chi connectivity index (χ2n) is 7.82. The maximum Gasteiger partial charge on any atom is 0.309 e. The molecule has 2 saturated heterocycles. The van der Waals surface area contributed by atoms with Gasteiger partial charge in [0, 0.05) is 37.1 Å². The van der Waals surface area contributed by atoms with Gasteiger partial charge in [0.05, 0.1) is 12.0 Å². The van der Waals surface area contributed by atoms with Gasteiger partial charge in [0.1, 0.15) is 11.6 Å². The number of rotatable bonds is 4. The van der Waals surface area contributed by atoms with Gasteiger partial charge in [0.25, 0.3) is 0 Å². The van der Waals surface area contributed by atoms with Crippen molar-refractivity contribution in [1.29, 1.82) is 0 Å². The molecule has 1 aromatic rings. The van der Waals surface area contributed by atoms with E-state index < -0.39 is 23.5 Å². The van der Waals surface area contributed by atoms with Crippen molar-refractivity contribution in [3.63, 3.8) is 0 Å². The third kappa shape index (κ3) is 3.45. The van der Waals surface area contributed by atoms with Crippen LogP contribution in [0.3, 0.4) is 0 Å². The summed E-state index contributed by atoms with van der Waals surface area (Å²) in [6.07, 6.45) is 2.14. The number of likely N-dealkylation sites (tertiary alicyclic amines) is 1. The van der Waals surface area contributed by atoms with Crippen LogP contribution >= 0.6 is 0 Å². The van der Waals surface area contributed by atoms with Crippen molar-refractivity contribution in [2.24, 2.45) is 17.8 Å². The standard InChI is InChI=1S/C20H23F2NO4/c21-15-2-1-3-16(22)17(15)13-10-14(13)19(24)23-7-4-11(5-8-23)18-12(20(25)26)6-9-27-18/h1-3,11-14,18H,4-10H2,(H,25,26)/t12?,13?,14?,18-/m0/s1. The first-order valence-corrected chi connectivity index (χ1v) is 9.54. The van der Waals surface area contributed by atoms with Crippen molar-refractivity contribution in [1.82, 2.24) is 4.90 Å². The van der Waals surface area contributed by atoms with E-state index in [0.717, 1.165) is 0 Å². The number of carbonyl (C=O) groups is 2. The SMILES string of the molecule is O=C(O)C1CCO[C@H]1C1CCN(C(=O)C2CC2c2c(F)cccc2F)CC1. The zero-order chi connectivity index (χ0) is 19.1. The first kappa shape index (κ1) is 18.3. The first-order chi connectivity index (χ1) is 13.0. The predicted octanol–water partition coefficient (Wildman–Crippen LogP) is 2.80. The summed E-state index contributed by atoms with van der Waals surface area (Å²) in [5.41, 5.74) is 0.0226. The van der Waals surface area contributed by atoms with Crippen LogP contribution in [0.5, 0.6) is 0 Å². The number of carboxylic acid groups (broad SMARTS) is 1. The average molecular weight is 379 g/mol. The number of aliphatic carboxylic acids is 1. The lowest BCUT2D eigenvalue weighted by atomic mass is 9.84. The van der Waals surface area contributed by atoms with Crippen molar-refractivity contribution in [3.8, 4) is 0 Å². The van der Waals surface area contributed by atoms with Gasteiger partial charge in [0.2, 0.25) is 5.91 Å². The summed E-state index contributed by atoms with van der Waals surface area (Å²) >= 11 is 0. The Hall–Kier alpha value is -2.02. The van der Waals surface area contributed by atoms with E-state index in [-0.39, 0.29) is 35.3 Å². The van der Waals surface area contributed by atoms with E-state index in [4.69, 9.17) is 4.74 Å². The van der Waals surface area contributed by atoms with E-state index in [1.165, 1.54) is 18.2 Å². The lowest BCUT2D eigenvalue weighted by Gasteiger charge is -2.35. The fraction of sp³-hybridized carbons (Fsp3) is 0.600. The summed E-state index contributed by atoms with van der Waals surface area (Å²) in [6, 6.07) is 3.78. The molecule has 3 unspecified atom stereocenters. The van der Waals surface area contributed by atoms with Gasteiger partial charge in [0.15, 0.2) is 0 Å². The molecule has 2 aliphatic heterocycles. The van der Waals surface area contributed by atoms with Crippen LogP contribution in [0.25, 0.3) is 0 Å². The third-order valence-corrected chi connectivity index (χ3v) is 6.25. The smallest absolute Gasteiger partial charge is 0.309 e. The number of hydrogen-bond acceptors (Lipinski definition) is 3. The molecular formula is C20H23F2NO4. The molecule has 27 heavy (non-hydrogen) atoms. The molecule has 1 aromatic carbocycles. The molecule has 7 heteroatoms. The van der Waals surface area contributed by atoms with Crippen molar-refractivity contribution in [2.75, 3.05) is 19.7 Å². The minimum Gasteiger partial charge on any atom is -0.481 e. The Labute approximate surface area is 156 Å². The van der Waals surface area contributed by atoms with Crippen LogP contribution in [0.15, 0.2) is 18.2 Å². The molecule has 1 aliphatic carbocycles. The van der Waals surface area contributed by atoms with Crippen LogP contribution in [0, 0.1) is 29.4 Å². The van der Waals surface area contributed by atoms with Crippen molar-refractivity contribution in [2.45, 2.75) is 37.7 Å². The largest absolute Gasteiger partial charge is 0.481 e. The van der Waals surface area contributed by atoms with Crippen LogP contribution in [0.2, 0.25) is 0 Å². The molecule has 3 aliphatic rings. The normalized spacial score (nSPS) is 31.1. The lowest BCUT2D eigenvalue weighted by Crippen LogP contribution is -2.44. The van der Waals surface area contributed by atoms with Gasteiger partial charge < -0.3 is 14.7 Å². The van der Waals surface area contributed by atoms with Crippen LogP contribution in [0.4, 0.5) is 8.78 Å². The minimum absolute atomic E-state index is 0.0226. The number of benzene rings is 1. The first-order valence-electron chi connectivity index (χ1n) is 9.54. The summed E-state index contributed by atoms with van der Waals surface area (Å²) in [4.78, 5) is 25.8. The molecule has 0 spiro atoms. The highest BCUT2D eigenvalue weighted by atomic mass is 19.1. The van der Waals surface area contributed by atoms with E-state index in [9.17, 15) is 23.5 Å². The number of carboxylic acids is 1. The Balaban J connectivity index is 1.34. The summed E-state index contributed by atoms with van der Waals surface area (Å²) in [7, 11) is 0. The Morgan fingerprint density at radius 1 is 1.07 bits per heavy atom. The van der Waals surface area contributed by atoms with Crippen molar-refractivity contribution < 1.29 is 28.2 Å². The molecular weight excluding hydrogens is 356 g/mol. The maximum atomic E-state index is 13.9. The maximum absolute atomic E-state index is 13.9. The second-order valence-corrected chi connectivity index (χ2v) is 7.82. The number of halogens is 2. The zero-order valence-corrected chi connectivity index (χ0v) is 14.9. The number of carbonyl (C=O) groups excluding carboxylic acids is 1. The molecule has 4 rings (SSSR count). The lowest BCUT2D eigenvalue weighted by molar-refractivity contribution is -0.146. The van der Waals surface area contributed by atoms with Gasteiger partial charge in [-0.05, 0) is 43.7 Å². The molecule has 3 fully saturated rings. The summed E-state index contributed by atoms with van der Waals surface area (Å²) < 4.78 is 33.5. The molecule has 146 valence electrons. The second kappa shape index (κ2) is 7.19. The molecule has 0 radical (unpaired) electrons. The van der Waals surface area contributed by atoms with Gasteiger partial charge in [-0.1, -0.05) is 6.07 Å². The van der Waals surface area contributed by atoms with E-state index in [1.54, 1.807) is 4.90 Å². The van der Waals surface area contributed by atoms with Gasteiger partial charge in [-0.15, -0.1) is 0 Å². The highest BCUT2D eigenvalue weighted by Gasteiger charge is 2.49. The number of hydrogen-bond donors (Lipinski definition) is 1.